The van der Waals surface area contributed by atoms with E-state index in [9.17, 15) is 4.79 Å². The molecule has 106 valence electrons. The number of H-pyrrole nitrogens is 2. The Morgan fingerprint density at radius 3 is 2.53 bits per heavy atom. The van der Waals surface area contributed by atoms with E-state index in [4.69, 9.17) is 17.0 Å². The highest BCUT2D eigenvalue weighted by Crippen LogP contribution is 2.27. The molecule has 0 aromatic carbocycles. The maximum atomic E-state index is 11.9. The van der Waals surface area contributed by atoms with Crippen LogP contribution in [0.15, 0.2) is 6.20 Å². The lowest BCUT2D eigenvalue weighted by Crippen LogP contribution is -2.41. The van der Waals surface area contributed by atoms with Gasteiger partial charge in [0.05, 0.1) is 0 Å². The van der Waals surface area contributed by atoms with E-state index in [2.05, 4.69) is 9.97 Å². The quantitative estimate of drug-likeness (QED) is 0.778. The molecule has 5 nitrogen and oxygen atoms in total. The summed E-state index contributed by atoms with van der Waals surface area (Å²) >= 11 is 5.03. The molecule has 0 unspecified atom stereocenters. The monoisotopic (exact) mass is 283 g/mol. The second kappa shape index (κ2) is 5.36. The lowest BCUT2D eigenvalue weighted by molar-refractivity contribution is 0.0204. The molecule has 1 aromatic rings. The summed E-state index contributed by atoms with van der Waals surface area (Å²) in [5.41, 5.74) is 0.702. The molecule has 0 radical (unpaired) electrons. The zero-order valence-electron chi connectivity index (χ0n) is 11.7. The van der Waals surface area contributed by atoms with E-state index in [1.54, 1.807) is 4.90 Å². The van der Waals surface area contributed by atoms with Crippen LogP contribution in [0.5, 0.6) is 0 Å². The van der Waals surface area contributed by atoms with Gasteiger partial charge in [0.1, 0.15) is 5.60 Å². The van der Waals surface area contributed by atoms with Gasteiger partial charge < -0.3 is 19.6 Å². The number of piperidine rings is 1. The van der Waals surface area contributed by atoms with Gasteiger partial charge >= 0.3 is 6.09 Å². The Labute approximate surface area is 118 Å². The zero-order chi connectivity index (χ0) is 14.0. The number of imidazole rings is 1. The summed E-state index contributed by atoms with van der Waals surface area (Å²) in [6.45, 7) is 7.11. The highest BCUT2D eigenvalue weighted by molar-refractivity contribution is 7.71. The van der Waals surface area contributed by atoms with Gasteiger partial charge in [0.25, 0.3) is 0 Å². The number of carbonyl (C=O) groups is 1. The summed E-state index contributed by atoms with van der Waals surface area (Å²) in [6.07, 6.45) is 3.58. The van der Waals surface area contributed by atoms with Crippen LogP contribution >= 0.6 is 12.2 Å². The maximum Gasteiger partial charge on any atom is 0.410 e. The number of likely N-dealkylation sites (tertiary alicyclic amines) is 1. The SMILES string of the molecule is CC(C)(C)OC(=O)N1CCC(c2c[nH]c(=S)[nH]2)CC1. The molecule has 2 heterocycles. The predicted octanol–water partition coefficient (Wildman–Crippen LogP) is 3.19. The molecule has 6 heteroatoms. The van der Waals surface area contributed by atoms with E-state index in [1.165, 1.54) is 0 Å². The second-order valence-electron chi connectivity index (χ2n) is 5.94. The average Bonchev–Trinajstić information content (AvgIpc) is 2.74. The van der Waals surface area contributed by atoms with E-state index in [1.807, 2.05) is 27.0 Å². The molecule has 2 rings (SSSR count). The van der Waals surface area contributed by atoms with Gasteiger partial charge in [-0.25, -0.2) is 4.79 Å². The van der Waals surface area contributed by atoms with E-state index < -0.39 is 5.60 Å². The van der Waals surface area contributed by atoms with Crippen LogP contribution in [0.25, 0.3) is 0 Å². The first-order valence-corrected chi connectivity index (χ1v) is 7.01. The van der Waals surface area contributed by atoms with E-state index in [0.717, 1.165) is 31.6 Å². The standard InChI is InChI=1S/C13H21N3O2S/c1-13(2,3)18-12(17)16-6-4-9(5-7-16)10-8-14-11(19)15-10/h8-9H,4-7H2,1-3H3,(H2,14,15,19). The molecular weight excluding hydrogens is 262 g/mol. The molecule has 1 amide bonds. The number of amides is 1. The van der Waals surface area contributed by atoms with Gasteiger partial charge in [0.2, 0.25) is 0 Å². The van der Waals surface area contributed by atoms with Crippen LogP contribution in [0.1, 0.15) is 45.2 Å². The summed E-state index contributed by atoms with van der Waals surface area (Å²) in [7, 11) is 0. The Bertz CT molecular complexity index is 492. The fraction of sp³-hybridized carbons (Fsp3) is 0.692. The highest BCUT2D eigenvalue weighted by atomic mass is 32.1. The van der Waals surface area contributed by atoms with Crippen molar-refractivity contribution in [2.75, 3.05) is 13.1 Å². The third kappa shape index (κ3) is 3.83. The van der Waals surface area contributed by atoms with E-state index in [0.29, 0.717) is 10.7 Å². The minimum Gasteiger partial charge on any atom is -0.444 e. The van der Waals surface area contributed by atoms with Crippen LogP contribution in [0.2, 0.25) is 0 Å². The Balaban J connectivity index is 1.89. The number of aromatic nitrogens is 2. The van der Waals surface area contributed by atoms with Crippen molar-refractivity contribution in [3.05, 3.63) is 16.7 Å². The number of aromatic amines is 2. The lowest BCUT2D eigenvalue weighted by Gasteiger charge is -2.33. The fourth-order valence-electron chi connectivity index (χ4n) is 2.27. The zero-order valence-corrected chi connectivity index (χ0v) is 12.5. The van der Waals surface area contributed by atoms with Crippen molar-refractivity contribution in [3.8, 4) is 0 Å². The molecule has 0 atom stereocenters. The minimum absolute atomic E-state index is 0.215. The van der Waals surface area contributed by atoms with Crippen molar-refractivity contribution in [3.63, 3.8) is 0 Å². The van der Waals surface area contributed by atoms with Crippen molar-refractivity contribution in [1.29, 1.82) is 0 Å². The smallest absolute Gasteiger partial charge is 0.410 e. The van der Waals surface area contributed by atoms with Gasteiger partial charge in [-0.3, -0.25) is 0 Å². The number of nitrogens with one attached hydrogen (secondary N) is 2. The molecule has 2 N–H and O–H groups in total. The molecule has 1 aliphatic rings. The molecule has 0 saturated carbocycles. The van der Waals surface area contributed by atoms with E-state index in [-0.39, 0.29) is 6.09 Å². The number of carbonyl (C=O) groups excluding carboxylic acids is 1. The van der Waals surface area contributed by atoms with Crippen molar-refractivity contribution >= 4 is 18.3 Å². The highest BCUT2D eigenvalue weighted by Gasteiger charge is 2.27. The van der Waals surface area contributed by atoms with Crippen LogP contribution in [-0.4, -0.2) is 39.7 Å². The van der Waals surface area contributed by atoms with Gasteiger partial charge in [-0.2, -0.15) is 0 Å². The molecule has 1 fully saturated rings. The van der Waals surface area contributed by atoms with Crippen LogP contribution in [-0.2, 0) is 4.74 Å². The third-order valence-electron chi connectivity index (χ3n) is 3.20. The predicted molar refractivity (Wildman–Crippen MR) is 75.8 cm³/mol. The Morgan fingerprint density at radius 2 is 2.05 bits per heavy atom. The number of ether oxygens (including phenoxy) is 1. The van der Waals surface area contributed by atoms with Crippen LogP contribution in [0, 0.1) is 4.77 Å². The molecule has 19 heavy (non-hydrogen) atoms. The normalized spacial score (nSPS) is 17.5. The summed E-state index contributed by atoms with van der Waals surface area (Å²) in [4.78, 5) is 19.9. The van der Waals surface area contributed by atoms with Gasteiger partial charge in [-0.05, 0) is 45.8 Å². The number of nitrogens with zero attached hydrogens (tertiary/aromatic N) is 1. The van der Waals surface area contributed by atoms with Gasteiger partial charge in [-0.1, -0.05) is 0 Å². The number of rotatable bonds is 1. The summed E-state index contributed by atoms with van der Waals surface area (Å²) in [5.74, 6) is 0.437. The number of hydrogen-bond donors (Lipinski definition) is 2. The van der Waals surface area contributed by atoms with Crippen LogP contribution in [0.3, 0.4) is 0 Å². The molecule has 0 aliphatic carbocycles. The first-order valence-electron chi connectivity index (χ1n) is 6.61. The molecule has 0 spiro atoms. The second-order valence-corrected chi connectivity index (χ2v) is 6.35. The van der Waals surface area contributed by atoms with Gasteiger partial charge in [0.15, 0.2) is 4.77 Å². The van der Waals surface area contributed by atoms with Crippen molar-refractivity contribution < 1.29 is 9.53 Å². The van der Waals surface area contributed by atoms with E-state index >= 15 is 0 Å². The van der Waals surface area contributed by atoms with Crippen LogP contribution in [0.4, 0.5) is 4.79 Å². The Hall–Kier alpha value is -1.30. The van der Waals surface area contributed by atoms with Crippen molar-refractivity contribution in [2.45, 2.75) is 45.1 Å². The fourth-order valence-corrected chi connectivity index (χ4v) is 2.44. The van der Waals surface area contributed by atoms with Crippen molar-refractivity contribution in [1.82, 2.24) is 14.9 Å². The minimum atomic E-state index is -0.431. The largest absolute Gasteiger partial charge is 0.444 e. The van der Waals surface area contributed by atoms with Gasteiger partial charge in [0, 0.05) is 30.9 Å². The summed E-state index contributed by atoms with van der Waals surface area (Å²) < 4.78 is 6.04. The third-order valence-corrected chi connectivity index (χ3v) is 3.42. The molecule has 1 aliphatic heterocycles. The van der Waals surface area contributed by atoms with Crippen molar-refractivity contribution in [2.24, 2.45) is 0 Å². The Kier molecular flexibility index (Phi) is 3.99. The van der Waals surface area contributed by atoms with Gasteiger partial charge in [-0.15, -0.1) is 0 Å². The first kappa shape index (κ1) is 14.1. The first-order chi connectivity index (χ1) is 8.85. The lowest BCUT2D eigenvalue weighted by atomic mass is 9.94. The average molecular weight is 283 g/mol. The summed E-state index contributed by atoms with van der Waals surface area (Å²) in [6, 6.07) is 0. The maximum absolute atomic E-state index is 11.9. The summed E-state index contributed by atoms with van der Waals surface area (Å²) in [5, 5.41) is 0. The molecule has 1 aromatic heterocycles. The Morgan fingerprint density at radius 1 is 1.42 bits per heavy atom. The molecular formula is C13H21N3O2S. The topological polar surface area (TPSA) is 61.1 Å². The van der Waals surface area contributed by atoms with Crippen LogP contribution < -0.4 is 0 Å². The number of hydrogen-bond acceptors (Lipinski definition) is 3. The molecule has 0 bridgehead atoms. The molecule has 1 saturated heterocycles.